The van der Waals surface area contributed by atoms with Crippen molar-refractivity contribution in [2.24, 2.45) is 4.99 Å². The van der Waals surface area contributed by atoms with Crippen LogP contribution in [0.2, 0.25) is 0 Å². The molecule has 0 spiro atoms. The predicted molar refractivity (Wildman–Crippen MR) is 111 cm³/mol. The second-order valence-corrected chi connectivity index (χ2v) is 7.54. The van der Waals surface area contributed by atoms with Gasteiger partial charge in [-0.25, -0.2) is 4.98 Å². The molecule has 0 atom stereocenters. The molecule has 6 heteroatoms. The molecule has 0 saturated carbocycles. The van der Waals surface area contributed by atoms with Gasteiger partial charge < -0.3 is 15.2 Å². The first-order valence-electron chi connectivity index (χ1n) is 9.23. The number of rotatable bonds is 8. The summed E-state index contributed by atoms with van der Waals surface area (Å²) in [6, 6.07) is 10.7. The molecule has 0 saturated heterocycles. The number of aryl methyl sites for hydroxylation is 2. The number of nitrogens with zero attached hydrogens (tertiary/aromatic N) is 3. The number of hydrogen-bond acceptors (Lipinski definition) is 3. The Morgan fingerprint density at radius 2 is 2.12 bits per heavy atom. The zero-order valence-electron chi connectivity index (χ0n) is 15.5. The second kappa shape index (κ2) is 9.38. The third-order valence-electron chi connectivity index (χ3n) is 4.15. The fraction of sp³-hybridized carbons (Fsp3) is 0.400. The summed E-state index contributed by atoms with van der Waals surface area (Å²) in [4.78, 5) is 10.4. The molecule has 2 N–H and O–H groups in total. The van der Waals surface area contributed by atoms with E-state index >= 15 is 0 Å². The van der Waals surface area contributed by atoms with Crippen LogP contribution in [0.4, 0.5) is 0 Å². The number of nitrogens with one attached hydrogen (secondary N) is 2. The van der Waals surface area contributed by atoms with Gasteiger partial charge in [-0.3, -0.25) is 4.99 Å². The Kier molecular flexibility index (Phi) is 6.66. The Balaban J connectivity index is 1.46. The van der Waals surface area contributed by atoms with E-state index in [1.807, 2.05) is 6.20 Å². The molecule has 0 unspecified atom stereocenters. The third-order valence-corrected chi connectivity index (χ3v) is 5.12. The molecule has 5 nitrogen and oxygen atoms in total. The number of aliphatic imine (C=N–C) groups is 1. The highest BCUT2D eigenvalue weighted by Gasteiger charge is 2.02. The number of aromatic nitrogens is 2. The van der Waals surface area contributed by atoms with Gasteiger partial charge in [-0.05, 0) is 37.8 Å². The van der Waals surface area contributed by atoms with Crippen LogP contribution in [0.5, 0.6) is 0 Å². The standard InChI is InChI=1S/C20H27N5S/c1-3-21-20(23-12-9-19-24-15-16(2)26-19)22-11-6-13-25-14-10-17-7-4-5-8-18(17)25/h4-5,7-8,10,14-15H,3,6,9,11-13H2,1-2H3,(H2,21,22,23). The lowest BCUT2D eigenvalue weighted by Gasteiger charge is -2.11. The molecule has 0 aliphatic heterocycles. The van der Waals surface area contributed by atoms with Gasteiger partial charge in [-0.1, -0.05) is 18.2 Å². The van der Waals surface area contributed by atoms with Crippen molar-refractivity contribution in [3.63, 3.8) is 0 Å². The molecule has 0 bridgehead atoms. The minimum absolute atomic E-state index is 0.804. The van der Waals surface area contributed by atoms with Crippen molar-refractivity contribution in [2.75, 3.05) is 19.6 Å². The normalized spacial score (nSPS) is 11.8. The fourth-order valence-corrected chi connectivity index (χ4v) is 3.70. The van der Waals surface area contributed by atoms with Gasteiger partial charge in [0, 0.05) is 55.4 Å². The smallest absolute Gasteiger partial charge is 0.191 e. The molecule has 0 fully saturated rings. The number of guanidine groups is 1. The molecule has 2 heterocycles. The maximum Gasteiger partial charge on any atom is 0.191 e. The quantitative estimate of drug-likeness (QED) is 0.362. The molecule has 3 aromatic rings. The maximum atomic E-state index is 4.69. The number of para-hydroxylation sites is 1. The van der Waals surface area contributed by atoms with Crippen molar-refractivity contribution >= 4 is 28.2 Å². The van der Waals surface area contributed by atoms with E-state index in [0.717, 1.165) is 45.0 Å². The summed E-state index contributed by atoms with van der Waals surface area (Å²) in [5, 5.41) is 9.18. The zero-order valence-corrected chi connectivity index (χ0v) is 16.4. The monoisotopic (exact) mass is 369 g/mol. The van der Waals surface area contributed by atoms with E-state index in [2.05, 4.69) is 70.6 Å². The maximum absolute atomic E-state index is 4.69. The van der Waals surface area contributed by atoms with Gasteiger partial charge in [0.25, 0.3) is 0 Å². The molecule has 2 aromatic heterocycles. The zero-order chi connectivity index (χ0) is 18.2. The van der Waals surface area contributed by atoms with Crippen molar-refractivity contribution < 1.29 is 0 Å². The van der Waals surface area contributed by atoms with Crippen molar-refractivity contribution in [1.29, 1.82) is 0 Å². The molecule has 26 heavy (non-hydrogen) atoms. The SMILES string of the molecule is CCNC(=NCCCn1ccc2ccccc21)NCCc1ncc(C)s1. The van der Waals surface area contributed by atoms with Gasteiger partial charge in [0.15, 0.2) is 5.96 Å². The molecule has 0 aliphatic rings. The summed E-state index contributed by atoms with van der Waals surface area (Å²) in [5.41, 5.74) is 1.29. The Bertz CT molecular complexity index is 849. The average molecular weight is 370 g/mol. The second-order valence-electron chi connectivity index (χ2n) is 6.22. The Labute approximate surface area is 159 Å². The van der Waals surface area contributed by atoms with Crippen molar-refractivity contribution in [3.05, 3.63) is 52.6 Å². The summed E-state index contributed by atoms with van der Waals surface area (Å²) in [6.07, 6.45) is 6.04. The molecule has 138 valence electrons. The van der Waals surface area contributed by atoms with Crippen molar-refractivity contribution in [2.45, 2.75) is 33.2 Å². The molecule has 0 radical (unpaired) electrons. The van der Waals surface area contributed by atoms with Crippen LogP contribution < -0.4 is 10.6 Å². The number of benzene rings is 1. The summed E-state index contributed by atoms with van der Waals surface area (Å²) in [6.45, 7) is 7.68. The van der Waals surface area contributed by atoms with E-state index in [1.54, 1.807) is 11.3 Å². The fourth-order valence-electron chi connectivity index (χ4n) is 2.91. The van der Waals surface area contributed by atoms with E-state index in [9.17, 15) is 0 Å². The van der Waals surface area contributed by atoms with Crippen LogP contribution in [0.3, 0.4) is 0 Å². The van der Waals surface area contributed by atoms with Crippen LogP contribution in [-0.2, 0) is 13.0 Å². The van der Waals surface area contributed by atoms with Gasteiger partial charge >= 0.3 is 0 Å². The Morgan fingerprint density at radius 1 is 1.23 bits per heavy atom. The minimum atomic E-state index is 0.804. The van der Waals surface area contributed by atoms with Gasteiger partial charge in [0.1, 0.15) is 0 Å². The lowest BCUT2D eigenvalue weighted by molar-refractivity contribution is 0.666. The van der Waals surface area contributed by atoms with Crippen LogP contribution in [0.15, 0.2) is 47.7 Å². The highest BCUT2D eigenvalue weighted by molar-refractivity contribution is 7.11. The predicted octanol–water partition coefficient (Wildman–Crippen LogP) is 3.59. The minimum Gasteiger partial charge on any atom is -0.357 e. The van der Waals surface area contributed by atoms with E-state index < -0.39 is 0 Å². The first kappa shape index (κ1) is 18.5. The van der Waals surface area contributed by atoms with Crippen LogP contribution in [0.25, 0.3) is 10.9 Å². The summed E-state index contributed by atoms with van der Waals surface area (Å²) in [5.74, 6) is 0.887. The topological polar surface area (TPSA) is 54.2 Å². The van der Waals surface area contributed by atoms with Crippen LogP contribution in [-0.4, -0.2) is 35.1 Å². The van der Waals surface area contributed by atoms with Crippen LogP contribution in [0, 0.1) is 6.92 Å². The van der Waals surface area contributed by atoms with Gasteiger partial charge in [0.2, 0.25) is 0 Å². The van der Waals surface area contributed by atoms with Crippen LogP contribution in [0.1, 0.15) is 23.2 Å². The first-order valence-corrected chi connectivity index (χ1v) is 10.1. The van der Waals surface area contributed by atoms with Crippen LogP contribution >= 0.6 is 11.3 Å². The largest absolute Gasteiger partial charge is 0.357 e. The van der Waals surface area contributed by atoms with Gasteiger partial charge in [-0.15, -0.1) is 11.3 Å². The number of hydrogen-bond donors (Lipinski definition) is 2. The van der Waals surface area contributed by atoms with E-state index in [4.69, 9.17) is 4.99 Å². The molecular weight excluding hydrogens is 342 g/mol. The van der Waals surface area contributed by atoms with E-state index in [0.29, 0.717) is 0 Å². The highest BCUT2D eigenvalue weighted by atomic mass is 32.1. The van der Waals surface area contributed by atoms with Crippen molar-refractivity contribution in [3.8, 4) is 0 Å². The molecule has 0 aliphatic carbocycles. The highest BCUT2D eigenvalue weighted by Crippen LogP contribution is 2.15. The lowest BCUT2D eigenvalue weighted by Crippen LogP contribution is -2.38. The third kappa shape index (κ3) is 5.08. The van der Waals surface area contributed by atoms with Crippen molar-refractivity contribution in [1.82, 2.24) is 20.2 Å². The van der Waals surface area contributed by atoms with Gasteiger partial charge in [0.05, 0.1) is 5.01 Å². The summed E-state index contributed by atoms with van der Waals surface area (Å²) >= 11 is 1.76. The average Bonchev–Trinajstić information content (AvgIpc) is 3.25. The number of thiazole rings is 1. The molecule has 1 aromatic carbocycles. The summed E-state index contributed by atoms with van der Waals surface area (Å²) < 4.78 is 2.30. The molecular formula is C20H27N5S. The summed E-state index contributed by atoms with van der Waals surface area (Å²) in [7, 11) is 0. The first-order chi connectivity index (χ1) is 12.8. The lowest BCUT2D eigenvalue weighted by atomic mass is 10.2. The van der Waals surface area contributed by atoms with E-state index in [-0.39, 0.29) is 0 Å². The molecule has 3 rings (SSSR count). The Hall–Kier alpha value is -2.34. The Morgan fingerprint density at radius 3 is 2.92 bits per heavy atom. The van der Waals surface area contributed by atoms with Gasteiger partial charge in [-0.2, -0.15) is 0 Å². The molecule has 0 amide bonds. The van der Waals surface area contributed by atoms with E-state index in [1.165, 1.54) is 20.8 Å². The number of fused-ring (bicyclic) bond motifs is 1.